The summed E-state index contributed by atoms with van der Waals surface area (Å²) in [5, 5.41) is 3.39. The first kappa shape index (κ1) is 27.8. The zero-order valence-corrected chi connectivity index (χ0v) is 22.4. The second-order valence-corrected chi connectivity index (χ2v) is 11.0. The predicted octanol–water partition coefficient (Wildman–Crippen LogP) is 6.27. The van der Waals surface area contributed by atoms with Crippen LogP contribution in [0.15, 0.2) is 78.9 Å². The molecule has 7 heteroatoms. The van der Waals surface area contributed by atoms with E-state index >= 15 is 0 Å². The fourth-order valence-corrected chi connectivity index (χ4v) is 5.03. The minimum atomic E-state index is -0.711. The van der Waals surface area contributed by atoms with Crippen molar-refractivity contribution in [2.45, 2.75) is 51.1 Å². The van der Waals surface area contributed by atoms with Gasteiger partial charge in [-0.2, -0.15) is 0 Å². The SMILES string of the molecule is CC(C)(C)NC(=O)[C@@H](Cc1ccccc1)N(Cc1ccccc1)C(=O)CSCc1c(F)cccc1Cl. The first-order chi connectivity index (χ1) is 17.1. The number of thioether (sulfide) groups is 1. The van der Waals surface area contributed by atoms with Crippen LogP contribution in [0, 0.1) is 5.82 Å². The zero-order valence-electron chi connectivity index (χ0n) is 20.8. The summed E-state index contributed by atoms with van der Waals surface area (Å²) in [5.74, 6) is -0.450. The average Bonchev–Trinajstić information content (AvgIpc) is 2.83. The molecule has 1 N–H and O–H groups in total. The molecule has 0 radical (unpaired) electrons. The van der Waals surface area contributed by atoms with Crippen LogP contribution in [0.5, 0.6) is 0 Å². The number of halogens is 2. The molecule has 0 aromatic heterocycles. The molecule has 0 unspecified atom stereocenters. The molecule has 190 valence electrons. The van der Waals surface area contributed by atoms with Gasteiger partial charge in [-0.3, -0.25) is 9.59 Å². The Morgan fingerprint density at radius 1 is 0.944 bits per heavy atom. The third-order valence-electron chi connectivity index (χ3n) is 5.50. The minimum Gasteiger partial charge on any atom is -0.350 e. The van der Waals surface area contributed by atoms with Crippen LogP contribution in [-0.2, 0) is 28.3 Å². The lowest BCUT2D eigenvalue weighted by molar-refractivity contribution is -0.140. The number of nitrogens with one attached hydrogen (secondary N) is 1. The van der Waals surface area contributed by atoms with Gasteiger partial charge in [0.15, 0.2) is 0 Å². The van der Waals surface area contributed by atoms with Crippen molar-refractivity contribution in [2.24, 2.45) is 0 Å². The summed E-state index contributed by atoms with van der Waals surface area (Å²) in [7, 11) is 0. The van der Waals surface area contributed by atoms with Crippen molar-refractivity contribution in [3.05, 3.63) is 106 Å². The number of carbonyl (C=O) groups excluding carboxylic acids is 2. The van der Waals surface area contributed by atoms with Crippen LogP contribution >= 0.6 is 23.4 Å². The summed E-state index contributed by atoms with van der Waals surface area (Å²) in [6.45, 7) is 6.04. The number of benzene rings is 3. The molecule has 0 heterocycles. The maximum absolute atomic E-state index is 14.2. The Hall–Kier alpha value is -2.83. The summed E-state index contributed by atoms with van der Waals surface area (Å²) >= 11 is 7.44. The highest BCUT2D eigenvalue weighted by Crippen LogP contribution is 2.25. The standard InChI is InChI=1S/C29H32ClFN2O2S/c1-29(2,3)32-28(35)26(17-21-11-6-4-7-12-21)33(18-22-13-8-5-9-14-22)27(34)20-36-19-23-24(30)15-10-16-25(23)31/h4-16,26H,17-20H2,1-3H3,(H,32,35)/t26-/m1/s1. The van der Waals surface area contributed by atoms with E-state index in [1.165, 1.54) is 17.8 Å². The maximum atomic E-state index is 14.2. The van der Waals surface area contributed by atoms with Crippen molar-refractivity contribution in [2.75, 3.05) is 5.75 Å². The molecular formula is C29H32ClFN2O2S. The smallest absolute Gasteiger partial charge is 0.243 e. The Labute approximate surface area is 222 Å². The van der Waals surface area contributed by atoms with Crippen LogP contribution in [0.2, 0.25) is 5.02 Å². The molecule has 0 saturated carbocycles. The fourth-order valence-electron chi connectivity index (χ4n) is 3.78. The van der Waals surface area contributed by atoms with Gasteiger partial charge in [-0.05, 0) is 44.0 Å². The van der Waals surface area contributed by atoms with E-state index in [-0.39, 0.29) is 29.9 Å². The van der Waals surface area contributed by atoms with Gasteiger partial charge >= 0.3 is 0 Å². The van der Waals surface area contributed by atoms with Crippen molar-refractivity contribution in [1.29, 1.82) is 0 Å². The average molecular weight is 527 g/mol. The molecule has 3 rings (SSSR count). The highest BCUT2D eigenvalue weighted by molar-refractivity contribution is 7.99. The van der Waals surface area contributed by atoms with Gasteiger partial charge in [-0.1, -0.05) is 78.3 Å². The first-order valence-corrected chi connectivity index (χ1v) is 13.4. The quantitative estimate of drug-likeness (QED) is 0.339. The number of carbonyl (C=O) groups is 2. The largest absolute Gasteiger partial charge is 0.350 e. The van der Waals surface area contributed by atoms with Crippen LogP contribution in [0.1, 0.15) is 37.5 Å². The Bertz CT molecular complexity index is 1130. The van der Waals surface area contributed by atoms with Crippen molar-refractivity contribution in [3.63, 3.8) is 0 Å². The number of rotatable bonds is 10. The molecule has 3 aromatic carbocycles. The number of amides is 2. The van der Waals surface area contributed by atoms with E-state index < -0.39 is 17.4 Å². The minimum absolute atomic E-state index is 0.0889. The van der Waals surface area contributed by atoms with E-state index in [9.17, 15) is 14.0 Å². The molecular weight excluding hydrogens is 495 g/mol. The molecule has 2 amide bonds. The normalized spacial score (nSPS) is 12.1. The van der Waals surface area contributed by atoms with E-state index in [0.717, 1.165) is 11.1 Å². The van der Waals surface area contributed by atoms with Gasteiger partial charge < -0.3 is 10.2 Å². The lowest BCUT2D eigenvalue weighted by Crippen LogP contribution is -2.54. The molecule has 0 spiro atoms. The Morgan fingerprint density at radius 2 is 1.56 bits per heavy atom. The fraction of sp³-hybridized carbons (Fsp3) is 0.310. The van der Waals surface area contributed by atoms with Crippen LogP contribution in [0.25, 0.3) is 0 Å². The maximum Gasteiger partial charge on any atom is 0.243 e. The van der Waals surface area contributed by atoms with E-state index in [4.69, 9.17) is 11.6 Å². The molecule has 0 bridgehead atoms. The second-order valence-electron chi connectivity index (χ2n) is 9.65. The number of nitrogens with zero attached hydrogens (tertiary/aromatic N) is 1. The van der Waals surface area contributed by atoms with Crippen LogP contribution < -0.4 is 5.32 Å². The molecule has 0 aliphatic carbocycles. The Balaban J connectivity index is 1.86. The zero-order chi connectivity index (χ0) is 26.1. The highest BCUT2D eigenvalue weighted by atomic mass is 35.5. The molecule has 4 nitrogen and oxygen atoms in total. The van der Waals surface area contributed by atoms with E-state index in [1.54, 1.807) is 17.0 Å². The summed E-state index contributed by atoms with van der Waals surface area (Å²) in [4.78, 5) is 28.8. The van der Waals surface area contributed by atoms with E-state index in [0.29, 0.717) is 17.0 Å². The van der Waals surface area contributed by atoms with Gasteiger partial charge in [-0.15, -0.1) is 11.8 Å². The molecule has 0 aliphatic rings. The molecule has 1 atom stereocenters. The van der Waals surface area contributed by atoms with Crippen LogP contribution in [0.4, 0.5) is 4.39 Å². The van der Waals surface area contributed by atoms with Crippen molar-refractivity contribution in [1.82, 2.24) is 10.2 Å². The number of hydrogen-bond donors (Lipinski definition) is 1. The highest BCUT2D eigenvalue weighted by Gasteiger charge is 2.32. The van der Waals surface area contributed by atoms with E-state index in [1.807, 2.05) is 81.4 Å². The summed E-state index contributed by atoms with van der Waals surface area (Å²) in [5.41, 5.74) is 1.81. The predicted molar refractivity (Wildman–Crippen MR) is 146 cm³/mol. The second kappa shape index (κ2) is 12.9. The van der Waals surface area contributed by atoms with Gasteiger partial charge in [-0.25, -0.2) is 4.39 Å². The lowest BCUT2D eigenvalue weighted by atomic mass is 10.0. The summed E-state index contributed by atoms with van der Waals surface area (Å²) in [6.07, 6.45) is 0.380. The van der Waals surface area contributed by atoms with Crippen molar-refractivity contribution in [3.8, 4) is 0 Å². The van der Waals surface area contributed by atoms with Crippen LogP contribution in [-0.4, -0.2) is 34.0 Å². The topological polar surface area (TPSA) is 49.4 Å². The monoisotopic (exact) mass is 526 g/mol. The van der Waals surface area contributed by atoms with Crippen molar-refractivity contribution < 1.29 is 14.0 Å². The number of hydrogen-bond acceptors (Lipinski definition) is 3. The Kier molecular flexibility index (Phi) is 9.97. The lowest BCUT2D eigenvalue weighted by Gasteiger charge is -2.34. The van der Waals surface area contributed by atoms with E-state index in [2.05, 4.69) is 5.32 Å². The third-order valence-corrected chi connectivity index (χ3v) is 6.80. The van der Waals surface area contributed by atoms with Gasteiger partial charge in [0.25, 0.3) is 0 Å². The van der Waals surface area contributed by atoms with Crippen molar-refractivity contribution >= 4 is 35.2 Å². The summed E-state index contributed by atoms with van der Waals surface area (Å²) < 4.78 is 14.2. The van der Waals surface area contributed by atoms with Gasteiger partial charge in [0, 0.05) is 34.8 Å². The van der Waals surface area contributed by atoms with Gasteiger partial charge in [0.1, 0.15) is 11.9 Å². The molecule has 36 heavy (non-hydrogen) atoms. The molecule has 3 aromatic rings. The molecule has 0 saturated heterocycles. The molecule has 0 fully saturated rings. The van der Waals surface area contributed by atoms with Crippen LogP contribution in [0.3, 0.4) is 0 Å². The first-order valence-electron chi connectivity index (χ1n) is 11.8. The third kappa shape index (κ3) is 8.38. The van der Waals surface area contributed by atoms with Gasteiger partial charge in [0.05, 0.1) is 5.75 Å². The Morgan fingerprint density at radius 3 is 2.14 bits per heavy atom. The molecule has 0 aliphatic heterocycles. The summed E-state index contributed by atoms with van der Waals surface area (Å²) in [6, 6.07) is 23.1. The van der Waals surface area contributed by atoms with Gasteiger partial charge in [0.2, 0.25) is 11.8 Å².